The average molecular weight is 185 g/mol. The second-order valence-corrected chi connectivity index (χ2v) is 2.38. The molecule has 1 rings (SSSR count). The summed E-state index contributed by atoms with van der Waals surface area (Å²) in [6, 6.07) is -0.302. The number of oxazole rings is 1. The van der Waals surface area contributed by atoms with Crippen molar-refractivity contribution >= 4 is 12.0 Å². The molecule has 0 bridgehead atoms. The fourth-order valence-corrected chi connectivity index (χ4v) is 0.723. The summed E-state index contributed by atoms with van der Waals surface area (Å²) in [4.78, 5) is 14.7. The Morgan fingerprint density at radius 1 is 1.77 bits per heavy atom. The zero-order valence-electron chi connectivity index (χ0n) is 7.20. The summed E-state index contributed by atoms with van der Waals surface area (Å²) in [5.74, 6) is 0.623. The number of rotatable bonds is 3. The average Bonchev–Trinajstić information content (AvgIpc) is 2.48. The third-order valence-corrected chi connectivity index (χ3v) is 1.24. The minimum absolute atomic E-state index is 0.0992. The summed E-state index contributed by atoms with van der Waals surface area (Å²) in [6.07, 6.45) is 1.50. The van der Waals surface area contributed by atoms with Crippen molar-refractivity contribution in [3.63, 3.8) is 0 Å². The van der Waals surface area contributed by atoms with E-state index in [4.69, 9.17) is 9.52 Å². The molecular weight excluding hydrogens is 174 g/mol. The minimum Gasteiger partial charge on any atom is -0.429 e. The third kappa shape index (κ3) is 3.12. The normalized spacial score (nSPS) is 9.69. The molecule has 6 nitrogen and oxygen atoms in total. The quantitative estimate of drug-likeness (QED) is 0.623. The van der Waals surface area contributed by atoms with Crippen molar-refractivity contribution in [2.45, 2.75) is 6.92 Å². The summed E-state index contributed by atoms with van der Waals surface area (Å²) in [5.41, 5.74) is 0. The number of carbonyl (C=O) groups excluding carboxylic acids is 1. The van der Waals surface area contributed by atoms with Gasteiger partial charge in [-0.2, -0.15) is 0 Å². The molecule has 1 aromatic rings. The first kappa shape index (κ1) is 9.53. The number of aryl methyl sites for hydroxylation is 1. The van der Waals surface area contributed by atoms with Crippen LogP contribution in [0.5, 0.6) is 0 Å². The van der Waals surface area contributed by atoms with Crippen molar-refractivity contribution in [1.82, 2.24) is 10.3 Å². The standard InChI is InChI=1S/C7H11N3O3/c1-5-4-9-7(13-5)10-6(12)8-2-3-11/h4,11H,2-3H2,1H3,(H2,8,9,10,12). The highest BCUT2D eigenvalue weighted by atomic mass is 16.4. The summed E-state index contributed by atoms with van der Waals surface area (Å²) in [6.45, 7) is 1.83. The first-order valence-corrected chi connectivity index (χ1v) is 3.80. The first-order chi connectivity index (χ1) is 6.22. The van der Waals surface area contributed by atoms with Gasteiger partial charge in [0.15, 0.2) is 0 Å². The number of hydrogen-bond acceptors (Lipinski definition) is 4. The van der Waals surface area contributed by atoms with Crippen LogP contribution in [0, 0.1) is 6.92 Å². The van der Waals surface area contributed by atoms with Gasteiger partial charge in [-0.1, -0.05) is 0 Å². The first-order valence-electron chi connectivity index (χ1n) is 3.80. The summed E-state index contributed by atoms with van der Waals surface area (Å²) < 4.78 is 4.99. The van der Waals surface area contributed by atoms with E-state index in [0.717, 1.165) is 0 Å². The molecule has 0 saturated heterocycles. The topological polar surface area (TPSA) is 87.4 Å². The van der Waals surface area contributed by atoms with Gasteiger partial charge in [-0.3, -0.25) is 5.32 Å². The van der Waals surface area contributed by atoms with Gasteiger partial charge < -0.3 is 14.8 Å². The van der Waals surface area contributed by atoms with Crippen molar-refractivity contribution in [2.75, 3.05) is 18.5 Å². The van der Waals surface area contributed by atoms with Gasteiger partial charge in [0.25, 0.3) is 0 Å². The Morgan fingerprint density at radius 3 is 3.08 bits per heavy atom. The maximum atomic E-state index is 10.9. The summed E-state index contributed by atoms with van der Waals surface area (Å²) in [5, 5.41) is 13.2. The fourth-order valence-electron chi connectivity index (χ4n) is 0.723. The van der Waals surface area contributed by atoms with Crippen LogP contribution < -0.4 is 10.6 Å². The number of aliphatic hydroxyl groups excluding tert-OH is 1. The van der Waals surface area contributed by atoms with Crippen LogP contribution in [0.25, 0.3) is 0 Å². The largest absolute Gasteiger partial charge is 0.429 e. The van der Waals surface area contributed by atoms with Crippen LogP contribution in [0.4, 0.5) is 10.8 Å². The lowest BCUT2D eigenvalue weighted by Gasteiger charge is -2.01. The molecular formula is C7H11N3O3. The van der Waals surface area contributed by atoms with E-state index in [1.54, 1.807) is 6.92 Å². The van der Waals surface area contributed by atoms with Gasteiger partial charge in [-0.25, -0.2) is 9.78 Å². The number of nitrogens with zero attached hydrogens (tertiary/aromatic N) is 1. The predicted octanol–water partition coefficient (Wildman–Crippen LogP) is 0.0968. The van der Waals surface area contributed by atoms with Crippen molar-refractivity contribution in [3.8, 4) is 0 Å². The maximum absolute atomic E-state index is 10.9. The van der Waals surface area contributed by atoms with E-state index in [1.165, 1.54) is 6.20 Å². The van der Waals surface area contributed by atoms with Gasteiger partial charge in [0.05, 0.1) is 12.8 Å². The van der Waals surface area contributed by atoms with Gasteiger partial charge in [-0.15, -0.1) is 0 Å². The van der Waals surface area contributed by atoms with Crippen molar-refractivity contribution in [1.29, 1.82) is 0 Å². The molecule has 0 fully saturated rings. The number of anilines is 1. The monoisotopic (exact) mass is 185 g/mol. The lowest BCUT2D eigenvalue weighted by Crippen LogP contribution is -2.31. The number of amides is 2. The van der Waals surface area contributed by atoms with Crippen LogP contribution in [0.15, 0.2) is 10.6 Å². The lowest BCUT2D eigenvalue weighted by atomic mass is 10.6. The highest BCUT2D eigenvalue weighted by Gasteiger charge is 2.04. The molecule has 1 heterocycles. The Bertz CT molecular complexity index is 284. The van der Waals surface area contributed by atoms with E-state index in [-0.39, 0.29) is 19.2 Å². The highest BCUT2D eigenvalue weighted by Crippen LogP contribution is 2.05. The van der Waals surface area contributed by atoms with Crippen LogP contribution in [0.1, 0.15) is 5.76 Å². The van der Waals surface area contributed by atoms with Crippen molar-refractivity contribution < 1.29 is 14.3 Å². The molecule has 0 aliphatic rings. The minimum atomic E-state index is -0.448. The van der Waals surface area contributed by atoms with Gasteiger partial charge in [0, 0.05) is 6.54 Å². The fraction of sp³-hybridized carbons (Fsp3) is 0.429. The number of urea groups is 1. The smallest absolute Gasteiger partial charge is 0.322 e. The lowest BCUT2D eigenvalue weighted by molar-refractivity contribution is 0.244. The molecule has 0 spiro atoms. The molecule has 0 atom stereocenters. The van der Waals surface area contributed by atoms with Crippen LogP contribution >= 0.6 is 0 Å². The Balaban J connectivity index is 2.36. The molecule has 2 amide bonds. The van der Waals surface area contributed by atoms with Gasteiger partial charge in [-0.05, 0) is 6.92 Å². The predicted molar refractivity (Wildman–Crippen MR) is 45.3 cm³/mol. The summed E-state index contributed by atoms with van der Waals surface area (Å²) >= 11 is 0. The molecule has 0 radical (unpaired) electrons. The molecule has 0 aromatic carbocycles. The molecule has 0 unspecified atom stereocenters. The molecule has 13 heavy (non-hydrogen) atoms. The second-order valence-electron chi connectivity index (χ2n) is 2.38. The second kappa shape index (κ2) is 4.46. The van der Waals surface area contributed by atoms with Gasteiger partial charge in [0.1, 0.15) is 5.76 Å². The zero-order chi connectivity index (χ0) is 9.68. The van der Waals surface area contributed by atoms with E-state index in [9.17, 15) is 4.79 Å². The van der Waals surface area contributed by atoms with E-state index in [2.05, 4.69) is 15.6 Å². The van der Waals surface area contributed by atoms with Gasteiger partial charge >= 0.3 is 12.0 Å². The van der Waals surface area contributed by atoms with Crippen LogP contribution in [0.2, 0.25) is 0 Å². The maximum Gasteiger partial charge on any atom is 0.322 e. The Kier molecular flexibility index (Phi) is 3.27. The molecule has 0 aliphatic carbocycles. The van der Waals surface area contributed by atoms with Crippen LogP contribution in [-0.2, 0) is 0 Å². The van der Waals surface area contributed by atoms with E-state index in [1.807, 2.05) is 0 Å². The highest BCUT2D eigenvalue weighted by molar-refractivity contribution is 5.86. The number of aromatic nitrogens is 1. The van der Waals surface area contributed by atoms with E-state index < -0.39 is 6.03 Å². The molecule has 0 saturated carbocycles. The number of hydrogen-bond donors (Lipinski definition) is 3. The van der Waals surface area contributed by atoms with Crippen molar-refractivity contribution in [3.05, 3.63) is 12.0 Å². The van der Waals surface area contributed by atoms with Crippen LogP contribution in [-0.4, -0.2) is 29.3 Å². The van der Waals surface area contributed by atoms with E-state index >= 15 is 0 Å². The molecule has 3 N–H and O–H groups in total. The van der Waals surface area contributed by atoms with Crippen molar-refractivity contribution in [2.24, 2.45) is 0 Å². The number of aliphatic hydroxyl groups is 1. The van der Waals surface area contributed by atoms with Crippen LogP contribution in [0.3, 0.4) is 0 Å². The van der Waals surface area contributed by atoms with E-state index in [0.29, 0.717) is 5.76 Å². The Morgan fingerprint density at radius 2 is 2.54 bits per heavy atom. The Labute approximate surface area is 75.0 Å². The molecule has 0 aliphatic heterocycles. The number of carbonyl (C=O) groups is 1. The molecule has 6 heteroatoms. The SMILES string of the molecule is Cc1cnc(NC(=O)NCCO)o1. The summed E-state index contributed by atoms with van der Waals surface area (Å²) in [7, 11) is 0. The number of nitrogens with one attached hydrogen (secondary N) is 2. The molecule has 72 valence electrons. The van der Waals surface area contributed by atoms with Gasteiger partial charge in [0.2, 0.25) is 0 Å². The zero-order valence-corrected chi connectivity index (χ0v) is 7.20. The molecule has 1 aromatic heterocycles. The Hall–Kier alpha value is -1.56. The third-order valence-electron chi connectivity index (χ3n) is 1.24.